The number of aromatic nitrogens is 4. The molecule has 1 aliphatic rings. The van der Waals surface area contributed by atoms with Crippen molar-refractivity contribution in [2.75, 3.05) is 18.7 Å². The maximum atomic E-state index is 13.8. The quantitative estimate of drug-likeness (QED) is 0.144. The Hall–Kier alpha value is -2.56. The number of carbonyl (C=O) groups excluding carboxylic acids is 1. The van der Waals surface area contributed by atoms with Gasteiger partial charge < -0.3 is 24.4 Å². The molecule has 37 heavy (non-hydrogen) atoms. The van der Waals surface area contributed by atoms with Crippen molar-refractivity contribution in [1.29, 1.82) is 0 Å². The maximum Gasteiger partial charge on any atom is 0.365 e. The summed E-state index contributed by atoms with van der Waals surface area (Å²) in [6.45, 7) is 7.88. The number of hydrogen-bond acceptors (Lipinski definition) is 10. The minimum absolute atomic E-state index is 0.290. The molecule has 3 N–H and O–H groups in total. The number of imidazole rings is 1. The summed E-state index contributed by atoms with van der Waals surface area (Å²) in [6, 6.07) is 0. The van der Waals surface area contributed by atoms with Crippen LogP contribution in [0.4, 0.5) is 5.82 Å². The zero-order chi connectivity index (χ0) is 26.9. The fraction of sp³-hybridized carbons (Fsp3) is 0.708. The van der Waals surface area contributed by atoms with Crippen LogP contribution in [0.3, 0.4) is 0 Å². The molecule has 1 aliphatic carbocycles. The van der Waals surface area contributed by atoms with Gasteiger partial charge in [-0.1, -0.05) is 31.3 Å². The van der Waals surface area contributed by atoms with Crippen LogP contribution >= 0.6 is 7.52 Å². The Bertz CT molecular complexity index is 1110. The Morgan fingerprint density at radius 3 is 2.73 bits per heavy atom. The van der Waals surface area contributed by atoms with E-state index < -0.39 is 19.0 Å². The van der Waals surface area contributed by atoms with E-state index in [2.05, 4.69) is 32.1 Å². The maximum absolute atomic E-state index is 13.8. The molecule has 0 unspecified atom stereocenters. The van der Waals surface area contributed by atoms with E-state index in [9.17, 15) is 9.36 Å². The summed E-state index contributed by atoms with van der Waals surface area (Å²) in [7, 11) is -3.73. The van der Waals surface area contributed by atoms with Crippen molar-refractivity contribution in [3.8, 4) is 0 Å². The van der Waals surface area contributed by atoms with E-state index in [0.717, 1.165) is 57.1 Å². The highest BCUT2D eigenvalue weighted by Crippen LogP contribution is 2.46. The first-order valence-electron chi connectivity index (χ1n) is 13.0. The van der Waals surface area contributed by atoms with E-state index in [1.165, 1.54) is 6.33 Å². The second kappa shape index (κ2) is 13.3. The molecule has 2 aromatic rings. The summed E-state index contributed by atoms with van der Waals surface area (Å²) in [5.41, 5.74) is 6.54. The van der Waals surface area contributed by atoms with E-state index in [1.54, 1.807) is 24.7 Å². The summed E-state index contributed by atoms with van der Waals surface area (Å²) < 4.78 is 32.6. The Balaban J connectivity index is 1.64. The zero-order valence-electron chi connectivity index (χ0n) is 22.3. The lowest BCUT2D eigenvalue weighted by Gasteiger charge is -2.29. The van der Waals surface area contributed by atoms with Gasteiger partial charge in [0.05, 0.1) is 31.3 Å². The number of carbonyl (C=O) groups is 1. The van der Waals surface area contributed by atoms with Gasteiger partial charge in [-0.2, -0.15) is 0 Å². The molecule has 13 heteroatoms. The van der Waals surface area contributed by atoms with Gasteiger partial charge in [0, 0.05) is 0 Å². The van der Waals surface area contributed by atoms with Gasteiger partial charge in [0.15, 0.2) is 11.5 Å². The number of nitrogens with two attached hydrogens (primary N) is 1. The van der Waals surface area contributed by atoms with E-state index in [-0.39, 0.29) is 12.5 Å². The van der Waals surface area contributed by atoms with Gasteiger partial charge in [-0.3, -0.25) is 9.36 Å². The second-order valence-electron chi connectivity index (χ2n) is 9.99. The number of nitrogen functional groups attached to an aromatic ring is 1. The van der Waals surface area contributed by atoms with Crippen molar-refractivity contribution < 1.29 is 23.5 Å². The predicted octanol–water partition coefficient (Wildman–Crippen LogP) is 4.40. The van der Waals surface area contributed by atoms with Gasteiger partial charge in [0.25, 0.3) is 0 Å². The lowest BCUT2D eigenvalue weighted by atomic mass is 10.1. The highest BCUT2D eigenvalue weighted by atomic mass is 31.2. The summed E-state index contributed by atoms with van der Waals surface area (Å²) >= 11 is 0. The molecule has 0 saturated heterocycles. The van der Waals surface area contributed by atoms with E-state index >= 15 is 0 Å². The zero-order valence-corrected chi connectivity index (χ0v) is 23.2. The van der Waals surface area contributed by atoms with Crippen LogP contribution in [0.5, 0.6) is 0 Å². The number of unbranched alkanes of at least 4 members (excludes halogenated alkanes) is 3. The van der Waals surface area contributed by atoms with Crippen LogP contribution in [0, 0.1) is 0 Å². The van der Waals surface area contributed by atoms with Crippen LogP contribution in [-0.2, 0) is 30.0 Å². The Morgan fingerprint density at radius 1 is 1.24 bits per heavy atom. The normalized spacial score (nSPS) is 16.5. The van der Waals surface area contributed by atoms with E-state index in [1.807, 2.05) is 6.92 Å². The summed E-state index contributed by atoms with van der Waals surface area (Å²) in [6.07, 6.45) is 9.93. The molecule has 0 spiro atoms. The molecule has 0 bridgehead atoms. The van der Waals surface area contributed by atoms with Gasteiger partial charge in [0.1, 0.15) is 23.7 Å². The standard InChI is InChI=1S/C24H40N7O5P/c1-5-6-7-10-13-34-23(32)24(3,4)30-37(33,36-29-19-11-8-9-12-19)17-35-18(2)14-31-16-28-20-21(25)26-15-27-22(20)31/h15-16,18H,5-14,17H2,1-4H3,(H,30,33)(H2,25,26,27)/t18-,37+/m1/s1. The lowest BCUT2D eigenvalue weighted by molar-refractivity contribution is -0.149. The molecular formula is C24H40N7O5P. The topological polar surface area (TPSA) is 156 Å². The molecule has 1 saturated carbocycles. The number of hydrogen-bond donors (Lipinski definition) is 2. The summed E-state index contributed by atoms with van der Waals surface area (Å²) in [4.78, 5) is 25.2. The van der Waals surface area contributed by atoms with E-state index in [4.69, 9.17) is 19.8 Å². The van der Waals surface area contributed by atoms with Crippen molar-refractivity contribution in [2.45, 2.75) is 97.2 Å². The van der Waals surface area contributed by atoms with Crippen molar-refractivity contribution in [1.82, 2.24) is 24.6 Å². The summed E-state index contributed by atoms with van der Waals surface area (Å²) in [5, 5.41) is 7.02. The number of oxime groups is 1. The SMILES string of the molecule is CCCCCCOC(=O)C(C)(C)N[P@](=O)(CO[C@H](C)Cn1cnc2c(N)ncnc21)ON=C1CCCC1. The van der Waals surface area contributed by atoms with Gasteiger partial charge in [-0.15, -0.1) is 0 Å². The Morgan fingerprint density at radius 2 is 2.00 bits per heavy atom. The van der Waals surface area contributed by atoms with Gasteiger partial charge in [0.2, 0.25) is 0 Å². The van der Waals surface area contributed by atoms with Crippen molar-refractivity contribution in [3.05, 3.63) is 12.7 Å². The second-order valence-corrected chi connectivity index (χ2v) is 12.0. The van der Waals surface area contributed by atoms with Crippen molar-refractivity contribution in [3.63, 3.8) is 0 Å². The van der Waals surface area contributed by atoms with Crippen LogP contribution in [0.15, 0.2) is 17.8 Å². The molecule has 0 aromatic carbocycles. The van der Waals surface area contributed by atoms with Crippen LogP contribution in [0.2, 0.25) is 0 Å². The number of nitrogens with one attached hydrogen (secondary N) is 1. The molecule has 3 rings (SSSR count). The molecule has 0 amide bonds. The minimum atomic E-state index is -3.73. The summed E-state index contributed by atoms with van der Waals surface area (Å²) in [5.74, 6) is -0.207. The first kappa shape index (κ1) is 29.0. The number of fused-ring (bicyclic) bond motifs is 1. The highest BCUT2D eigenvalue weighted by Gasteiger charge is 2.40. The Labute approximate surface area is 218 Å². The Kier molecular flexibility index (Phi) is 10.4. The molecule has 1 fully saturated rings. The van der Waals surface area contributed by atoms with Crippen molar-refractivity contribution >= 4 is 36.2 Å². The molecule has 0 radical (unpaired) electrons. The third-order valence-electron chi connectivity index (χ3n) is 6.09. The molecule has 2 aromatic heterocycles. The van der Waals surface area contributed by atoms with Crippen LogP contribution in [0.1, 0.15) is 79.1 Å². The molecular weight excluding hydrogens is 497 g/mol. The largest absolute Gasteiger partial charge is 0.464 e. The van der Waals surface area contributed by atoms with Crippen LogP contribution in [0.25, 0.3) is 11.2 Å². The third-order valence-corrected chi connectivity index (χ3v) is 7.82. The van der Waals surface area contributed by atoms with E-state index in [0.29, 0.717) is 30.1 Å². The fourth-order valence-electron chi connectivity index (χ4n) is 4.01. The molecule has 12 nitrogen and oxygen atoms in total. The third kappa shape index (κ3) is 8.48. The van der Waals surface area contributed by atoms with Gasteiger partial charge in [-0.25, -0.2) is 20.0 Å². The molecule has 2 atom stereocenters. The minimum Gasteiger partial charge on any atom is -0.464 e. The fourth-order valence-corrected chi connectivity index (χ4v) is 5.80. The number of esters is 1. The highest BCUT2D eigenvalue weighted by molar-refractivity contribution is 7.56. The van der Waals surface area contributed by atoms with Crippen LogP contribution < -0.4 is 10.8 Å². The molecule has 2 heterocycles. The first-order valence-corrected chi connectivity index (χ1v) is 14.8. The average Bonchev–Trinajstić information content (AvgIpc) is 3.52. The molecule has 0 aliphatic heterocycles. The number of nitrogens with zero attached hydrogens (tertiary/aromatic N) is 5. The van der Waals surface area contributed by atoms with Crippen molar-refractivity contribution in [2.24, 2.45) is 5.16 Å². The first-order chi connectivity index (χ1) is 17.6. The predicted molar refractivity (Wildman–Crippen MR) is 142 cm³/mol. The monoisotopic (exact) mass is 537 g/mol. The van der Waals surface area contributed by atoms with Gasteiger partial charge >= 0.3 is 13.5 Å². The molecule has 206 valence electrons. The van der Waals surface area contributed by atoms with Crippen LogP contribution in [-0.4, -0.2) is 55.8 Å². The van der Waals surface area contributed by atoms with Gasteiger partial charge in [-0.05, 0) is 52.9 Å². The lowest BCUT2D eigenvalue weighted by Crippen LogP contribution is -2.47. The average molecular weight is 538 g/mol. The number of rotatable bonds is 15. The number of anilines is 1. The number of ether oxygens (including phenoxy) is 2. The smallest absolute Gasteiger partial charge is 0.365 e.